The quantitative estimate of drug-likeness (QED) is 0.877. The van der Waals surface area contributed by atoms with Crippen LogP contribution in [0.1, 0.15) is 33.3 Å². The standard InChI is InChI=1S/C15H25NO3S/c1-5-12-6-8-14(9-7-12)19-10-13(15(2,3)4)11-20(16,17)18/h6-9,13H,5,10-11H2,1-4H3,(H2,16,17,18). The Hall–Kier alpha value is -1.07. The molecule has 0 heterocycles. The Kier molecular flexibility index (Phi) is 5.59. The van der Waals surface area contributed by atoms with Gasteiger partial charge in [0.25, 0.3) is 0 Å². The number of nitrogens with two attached hydrogens (primary N) is 1. The lowest BCUT2D eigenvalue weighted by Crippen LogP contribution is -2.35. The van der Waals surface area contributed by atoms with Crippen LogP contribution in [0.25, 0.3) is 0 Å². The van der Waals surface area contributed by atoms with Crippen LogP contribution in [0.4, 0.5) is 0 Å². The summed E-state index contributed by atoms with van der Waals surface area (Å²) in [4.78, 5) is 0. The fraction of sp³-hybridized carbons (Fsp3) is 0.600. The van der Waals surface area contributed by atoms with Crippen LogP contribution in [0.2, 0.25) is 0 Å². The van der Waals surface area contributed by atoms with Gasteiger partial charge < -0.3 is 4.74 Å². The molecule has 1 rings (SSSR count). The molecule has 1 atom stereocenters. The van der Waals surface area contributed by atoms with Crippen molar-refractivity contribution < 1.29 is 13.2 Å². The molecule has 2 N–H and O–H groups in total. The molecular weight excluding hydrogens is 274 g/mol. The maximum atomic E-state index is 11.3. The van der Waals surface area contributed by atoms with E-state index < -0.39 is 10.0 Å². The highest BCUT2D eigenvalue weighted by Gasteiger charge is 2.29. The van der Waals surface area contributed by atoms with Gasteiger partial charge in [-0.05, 0) is 29.5 Å². The van der Waals surface area contributed by atoms with E-state index in [4.69, 9.17) is 9.88 Å². The maximum Gasteiger partial charge on any atom is 0.209 e. The van der Waals surface area contributed by atoms with Gasteiger partial charge in [-0.1, -0.05) is 39.8 Å². The first-order chi connectivity index (χ1) is 9.12. The van der Waals surface area contributed by atoms with Crippen molar-refractivity contribution >= 4 is 10.0 Å². The van der Waals surface area contributed by atoms with Crippen molar-refractivity contribution in [2.75, 3.05) is 12.4 Å². The van der Waals surface area contributed by atoms with Crippen LogP contribution in [0.5, 0.6) is 5.75 Å². The van der Waals surface area contributed by atoms with E-state index >= 15 is 0 Å². The topological polar surface area (TPSA) is 69.4 Å². The lowest BCUT2D eigenvalue weighted by Gasteiger charge is -2.29. The van der Waals surface area contributed by atoms with Gasteiger partial charge in [-0.25, -0.2) is 13.6 Å². The molecule has 0 aliphatic heterocycles. The molecule has 0 radical (unpaired) electrons. The minimum absolute atomic E-state index is 0.0659. The SMILES string of the molecule is CCc1ccc(OCC(CS(N)(=O)=O)C(C)(C)C)cc1. The minimum atomic E-state index is -3.50. The fourth-order valence-electron chi connectivity index (χ4n) is 1.85. The van der Waals surface area contributed by atoms with Crippen molar-refractivity contribution in [2.24, 2.45) is 16.5 Å². The number of aryl methyl sites for hydroxylation is 1. The number of sulfonamides is 1. The fourth-order valence-corrected chi connectivity index (χ4v) is 3.00. The molecule has 0 saturated heterocycles. The van der Waals surface area contributed by atoms with Gasteiger partial charge in [-0.2, -0.15) is 0 Å². The molecule has 1 aromatic carbocycles. The molecule has 0 aromatic heterocycles. The highest BCUT2D eigenvalue weighted by molar-refractivity contribution is 7.89. The molecule has 5 heteroatoms. The predicted octanol–water partition coefficient (Wildman–Crippen LogP) is 2.58. The Morgan fingerprint density at radius 1 is 1.20 bits per heavy atom. The maximum absolute atomic E-state index is 11.3. The zero-order valence-corrected chi connectivity index (χ0v) is 13.5. The lowest BCUT2D eigenvalue weighted by atomic mass is 9.82. The Morgan fingerprint density at radius 3 is 2.15 bits per heavy atom. The molecule has 0 aliphatic carbocycles. The minimum Gasteiger partial charge on any atom is -0.493 e. The number of primary sulfonamides is 1. The Balaban J connectivity index is 2.70. The average molecular weight is 299 g/mol. The molecule has 1 aromatic rings. The summed E-state index contributed by atoms with van der Waals surface area (Å²) in [6.45, 7) is 8.41. The third-order valence-electron chi connectivity index (χ3n) is 3.44. The Morgan fingerprint density at radius 2 is 1.75 bits per heavy atom. The number of hydrogen-bond acceptors (Lipinski definition) is 3. The number of rotatable bonds is 6. The second-order valence-electron chi connectivity index (χ2n) is 6.20. The van der Waals surface area contributed by atoms with Gasteiger partial charge in [0.2, 0.25) is 10.0 Å². The van der Waals surface area contributed by atoms with Gasteiger partial charge in [0.05, 0.1) is 12.4 Å². The van der Waals surface area contributed by atoms with Crippen molar-refractivity contribution in [1.82, 2.24) is 0 Å². The lowest BCUT2D eigenvalue weighted by molar-refractivity contribution is 0.163. The number of hydrogen-bond donors (Lipinski definition) is 1. The zero-order valence-electron chi connectivity index (χ0n) is 12.7. The van der Waals surface area contributed by atoms with E-state index in [0.29, 0.717) is 6.61 Å². The van der Waals surface area contributed by atoms with Crippen LogP contribution in [0, 0.1) is 11.3 Å². The van der Waals surface area contributed by atoms with Gasteiger partial charge >= 0.3 is 0 Å². The second-order valence-corrected chi connectivity index (χ2v) is 7.86. The molecule has 0 saturated carbocycles. The summed E-state index contributed by atoms with van der Waals surface area (Å²) in [7, 11) is -3.50. The molecule has 0 aliphatic rings. The summed E-state index contributed by atoms with van der Waals surface area (Å²) >= 11 is 0. The van der Waals surface area contributed by atoms with Crippen LogP contribution < -0.4 is 9.88 Å². The van der Waals surface area contributed by atoms with E-state index in [9.17, 15) is 8.42 Å². The van der Waals surface area contributed by atoms with Crippen LogP contribution in [0.15, 0.2) is 24.3 Å². The van der Waals surface area contributed by atoms with Crippen LogP contribution in [0.3, 0.4) is 0 Å². The Labute approximate surface area is 122 Å². The predicted molar refractivity (Wildman–Crippen MR) is 82.2 cm³/mol. The number of benzene rings is 1. The van der Waals surface area contributed by atoms with Crippen molar-refractivity contribution in [1.29, 1.82) is 0 Å². The summed E-state index contributed by atoms with van der Waals surface area (Å²) in [6, 6.07) is 7.85. The van der Waals surface area contributed by atoms with E-state index in [2.05, 4.69) is 6.92 Å². The summed E-state index contributed by atoms with van der Waals surface area (Å²) in [5.74, 6) is 0.540. The van der Waals surface area contributed by atoms with Crippen molar-refractivity contribution in [3.63, 3.8) is 0 Å². The second kappa shape index (κ2) is 6.59. The normalized spacial score (nSPS) is 14.1. The van der Waals surface area contributed by atoms with Gasteiger partial charge in [-0.15, -0.1) is 0 Å². The smallest absolute Gasteiger partial charge is 0.209 e. The van der Waals surface area contributed by atoms with Gasteiger partial charge in [0.1, 0.15) is 5.75 Å². The number of ether oxygens (including phenoxy) is 1. The largest absolute Gasteiger partial charge is 0.493 e. The third kappa shape index (κ3) is 5.92. The highest BCUT2D eigenvalue weighted by atomic mass is 32.2. The molecule has 114 valence electrons. The molecule has 0 spiro atoms. The van der Waals surface area contributed by atoms with Crippen LogP contribution in [-0.4, -0.2) is 20.8 Å². The molecule has 0 fully saturated rings. The molecule has 1 unspecified atom stereocenters. The molecular formula is C15H25NO3S. The van der Waals surface area contributed by atoms with Gasteiger partial charge in [0, 0.05) is 5.92 Å². The first-order valence-electron chi connectivity index (χ1n) is 6.84. The first-order valence-corrected chi connectivity index (χ1v) is 8.55. The first kappa shape index (κ1) is 17.0. The average Bonchev–Trinajstić information content (AvgIpc) is 2.32. The van der Waals surface area contributed by atoms with E-state index in [0.717, 1.165) is 12.2 Å². The van der Waals surface area contributed by atoms with E-state index in [1.165, 1.54) is 5.56 Å². The van der Waals surface area contributed by atoms with Gasteiger partial charge in [-0.3, -0.25) is 0 Å². The molecule has 0 amide bonds. The molecule has 20 heavy (non-hydrogen) atoms. The monoisotopic (exact) mass is 299 g/mol. The highest BCUT2D eigenvalue weighted by Crippen LogP contribution is 2.27. The summed E-state index contributed by atoms with van der Waals surface area (Å²) < 4.78 is 28.3. The van der Waals surface area contributed by atoms with Crippen LogP contribution in [-0.2, 0) is 16.4 Å². The molecule has 4 nitrogen and oxygen atoms in total. The zero-order chi connectivity index (χ0) is 15.4. The van der Waals surface area contributed by atoms with Gasteiger partial charge in [0.15, 0.2) is 0 Å². The van der Waals surface area contributed by atoms with E-state index in [1.807, 2.05) is 45.0 Å². The summed E-state index contributed by atoms with van der Waals surface area (Å²) in [5, 5.41) is 5.16. The summed E-state index contributed by atoms with van der Waals surface area (Å²) in [5.41, 5.74) is 1.06. The van der Waals surface area contributed by atoms with Crippen molar-refractivity contribution in [3.8, 4) is 5.75 Å². The van der Waals surface area contributed by atoms with Crippen molar-refractivity contribution in [3.05, 3.63) is 29.8 Å². The van der Waals surface area contributed by atoms with E-state index in [-0.39, 0.29) is 17.1 Å². The Bertz CT molecular complexity index is 515. The van der Waals surface area contributed by atoms with E-state index in [1.54, 1.807) is 0 Å². The third-order valence-corrected chi connectivity index (χ3v) is 4.31. The summed E-state index contributed by atoms with van der Waals surface area (Å²) in [6.07, 6.45) is 0.982. The van der Waals surface area contributed by atoms with Crippen LogP contribution >= 0.6 is 0 Å². The van der Waals surface area contributed by atoms with Crippen molar-refractivity contribution in [2.45, 2.75) is 34.1 Å². The molecule has 0 bridgehead atoms.